The lowest BCUT2D eigenvalue weighted by Crippen LogP contribution is -2.67. The maximum absolute atomic E-state index is 15.3. The number of carbonyl (C=O) groups is 1. The van der Waals surface area contributed by atoms with E-state index in [4.69, 9.17) is 56.8 Å². The number of hydrogen-bond acceptors (Lipinski definition) is 31. The van der Waals surface area contributed by atoms with Crippen molar-refractivity contribution >= 4 is 5.97 Å². The average molecular weight is 1380 g/mol. The summed E-state index contributed by atoms with van der Waals surface area (Å²) in [4.78, 5) is 15.3. The van der Waals surface area contributed by atoms with Crippen LogP contribution in [0.15, 0.2) is 11.6 Å². The predicted molar refractivity (Wildman–Crippen MR) is 321 cm³/mol. The molecule has 6 heterocycles. The minimum Gasteiger partial charge on any atom is -0.432 e. The molecule has 0 bridgehead atoms. The lowest BCUT2D eigenvalue weighted by molar-refractivity contribution is -0.382. The van der Waals surface area contributed by atoms with E-state index in [1.54, 1.807) is 0 Å². The summed E-state index contributed by atoms with van der Waals surface area (Å²) in [7, 11) is 0. The van der Waals surface area contributed by atoms with Gasteiger partial charge in [0, 0.05) is 5.41 Å². The summed E-state index contributed by atoms with van der Waals surface area (Å²) >= 11 is 0. The number of fused-ring (bicyclic) bond motifs is 7. The first kappa shape index (κ1) is 75.2. The number of aliphatic hydroxyl groups is 18. The van der Waals surface area contributed by atoms with E-state index in [1.807, 2.05) is 6.92 Å². The van der Waals surface area contributed by atoms with Crippen molar-refractivity contribution in [3.05, 3.63) is 11.6 Å². The maximum Gasteiger partial charge on any atom is 0.315 e. The van der Waals surface area contributed by atoms with Crippen LogP contribution >= 0.6 is 0 Å². The Labute approximate surface area is 556 Å². The van der Waals surface area contributed by atoms with Crippen molar-refractivity contribution in [1.82, 2.24) is 0 Å². The highest BCUT2D eigenvalue weighted by Crippen LogP contribution is 2.76. The van der Waals surface area contributed by atoms with Crippen LogP contribution in [0.2, 0.25) is 0 Å². The van der Waals surface area contributed by atoms with Crippen LogP contribution in [0, 0.1) is 50.2 Å². The van der Waals surface area contributed by atoms with E-state index in [1.165, 1.54) is 13.8 Å². The molecular weight excluding hydrogens is 1280 g/mol. The van der Waals surface area contributed by atoms with Crippen LogP contribution in [0.4, 0.5) is 0 Å². The zero-order valence-corrected chi connectivity index (χ0v) is 55.6. The lowest BCUT2D eigenvalue weighted by Gasteiger charge is -2.71. The van der Waals surface area contributed by atoms with E-state index in [0.29, 0.717) is 64.2 Å². The molecule has 0 aromatic heterocycles. The highest BCUT2D eigenvalue weighted by molar-refractivity contribution is 5.79. The second-order valence-corrected chi connectivity index (χ2v) is 31.3. The molecule has 31 nitrogen and oxygen atoms in total. The van der Waals surface area contributed by atoms with Gasteiger partial charge in [-0.15, -0.1) is 0 Å². The van der Waals surface area contributed by atoms with E-state index >= 15 is 4.79 Å². The largest absolute Gasteiger partial charge is 0.432 e. The smallest absolute Gasteiger partial charge is 0.315 e. The Morgan fingerprint density at radius 1 is 0.500 bits per heavy atom. The molecule has 96 heavy (non-hydrogen) atoms. The molecule has 10 fully saturated rings. The van der Waals surface area contributed by atoms with Crippen LogP contribution in [-0.2, 0) is 61.6 Å². The molecule has 38 atom stereocenters. The van der Waals surface area contributed by atoms with Crippen LogP contribution in [0.1, 0.15) is 120 Å². The van der Waals surface area contributed by atoms with Crippen molar-refractivity contribution in [3.8, 4) is 0 Å². The first-order chi connectivity index (χ1) is 45.1. The van der Waals surface area contributed by atoms with Gasteiger partial charge in [0.15, 0.2) is 31.5 Å². The van der Waals surface area contributed by atoms with Crippen LogP contribution in [-0.4, -0.2) is 315 Å². The SMILES string of the molecule is C[C@@H]1O[C@@H](O[C@H]2[C@H](O)[C@@H](O)[C@H](OC[C@H]3O[C@@H](OC(=O)[C@@]45CCC(C)(C)C[C@@H]4C4=CC[C@@H]6[C@@]7(C)CC[C@@H](O[C@@H]8OC[C@H](O[C@@H]9O[C@@H](C)[C@H](O)[C@@H](O)[C@H]9O)[C@H](O)[C@H]8O[C@@H]8O[C@H](CO)[C@@H](O)[C@H](O)[C@H]8O)[C@@](C)(CO)[C@@H]7CC[C@@]6(C)[C@]4(C)CC5)[C@H](O)[C@@H](O)[C@@H]3O)O[C@@H]2CO)[C@H](O)[C@H](O)[C@H]1O. The number of rotatable bonds is 16. The highest BCUT2D eigenvalue weighted by Gasteiger charge is 2.71. The van der Waals surface area contributed by atoms with Crippen molar-refractivity contribution < 1.29 is 154 Å². The average Bonchev–Trinajstić information content (AvgIpc) is 0.675. The Bertz CT molecular complexity index is 2690. The fraction of sp³-hybridized carbons (Fsp3) is 0.954. The zero-order chi connectivity index (χ0) is 70.0. The van der Waals surface area contributed by atoms with Gasteiger partial charge in [0.1, 0.15) is 128 Å². The van der Waals surface area contributed by atoms with E-state index in [9.17, 15) is 91.9 Å². The molecule has 0 amide bonds. The standard InChI is InChI=1S/C65H106O31/c1-25-36(69)41(74)46(79)54(87-25)92-32-23-86-58(52(40(32)73)95-56-48(81)43(76)38(71)29(20-66)89-56)93-35-12-13-61(5)33(62(35,6)24-68)11-14-64(8)34(61)10-9-27-28-19-60(3,4)15-17-65(28,18-16-63(27,64)7)59(84)96-57-49(82)44(77)39(72)31(91-57)22-85-53-50(83)45(78)51(30(21-67)90-53)94-55-47(80)42(75)37(70)26(2)88-55/h9,25-26,28-58,66-83H,10-24H2,1-8H3/t25-,26-,28+,29+,30+,31+,32-,33+,34+,35+,36-,37-,38+,39+,40-,41+,42+,43-,44-,45+,46+,47+,48+,49+,50+,51+,52+,53+,54-,55-,56-,57-,58-,61-,62-,63+,64+,65+/m0/s1. The Balaban J connectivity index is 0.789. The first-order valence-corrected chi connectivity index (χ1v) is 34.1. The van der Waals surface area contributed by atoms with Gasteiger partial charge in [-0.3, -0.25) is 4.79 Å². The van der Waals surface area contributed by atoms with Crippen LogP contribution in [0.5, 0.6) is 0 Å². The van der Waals surface area contributed by atoms with Gasteiger partial charge in [-0.2, -0.15) is 0 Å². The third-order valence-corrected chi connectivity index (χ3v) is 25.3. The molecule has 0 radical (unpaired) electrons. The molecule has 6 aliphatic heterocycles. The molecule has 0 unspecified atom stereocenters. The summed E-state index contributed by atoms with van der Waals surface area (Å²) < 4.78 is 71.8. The van der Waals surface area contributed by atoms with E-state index in [-0.39, 0.29) is 35.2 Å². The molecule has 11 rings (SSSR count). The van der Waals surface area contributed by atoms with E-state index in [0.717, 1.165) is 5.57 Å². The minimum atomic E-state index is -1.93. The van der Waals surface area contributed by atoms with Crippen molar-refractivity contribution in [2.24, 2.45) is 50.2 Å². The number of carbonyl (C=O) groups excluding carboxylic acids is 1. The molecule has 0 spiro atoms. The topological polar surface area (TPSA) is 492 Å². The monoisotopic (exact) mass is 1380 g/mol. The Morgan fingerprint density at radius 3 is 1.65 bits per heavy atom. The van der Waals surface area contributed by atoms with Crippen molar-refractivity contribution in [2.75, 3.05) is 33.0 Å². The summed E-state index contributed by atoms with van der Waals surface area (Å²) in [5, 5.41) is 196. The van der Waals surface area contributed by atoms with Crippen LogP contribution in [0.3, 0.4) is 0 Å². The van der Waals surface area contributed by atoms with Crippen LogP contribution in [0.25, 0.3) is 0 Å². The molecule has 0 aromatic rings. The number of allylic oxidation sites excluding steroid dienone is 2. The van der Waals surface area contributed by atoms with Crippen LogP contribution < -0.4 is 0 Å². The van der Waals surface area contributed by atoms with Crippen molar-refractivity contribution in [3.63, 3.8) is 0 Å². The van der Waals surface area contributed by atoms with Crippen molar-refractivity contribution in [1.29, 1.82) is 0 Å². The molecule has 18 N–H and O–H groups in total. The molecule has 6 saturated heterocycles. The molecule has 31 heteroatoms. The number of ether oxygens (including phenoxy) is 12. The number of esters is 1. The van der Waals surface area contributed by atoms with Crippen molar-refractivity contribution in [2.45, 2.75) is 304 Å². The molecule has 11 aliphatic rings. The van der Waals surface area contributed by atoms with Gasteiger partial charge < -0.3 is 149 Å². The second-order valence-electron chi connectivity index (χ2n) is 31.3. The molecule has 5 aliphatic carbocycles. The quantitative estimate of drug-likeness (QED) is 0.0392. The van der Waals surface area contributed by atoms with Gasteiger partial charge in [0.2, 0.25) is 6.29 Å². The van der Waals surface area contributed by atoms with E-state index in [2.05, 4.69) is 40.7 Å². The van der Waals surface area contributed by atoms with Gasteiger partial charge in [-0.1, -0.05) is 53.2 Å². The third-order valence-electron chi connectivity index (χ3n) is 25.3. The summed E-state index contributed by atoms with van der Waals surface area (Å²) in [5.41, 5.74) is -2.43. The number of hydrogen-bond donors (Lipinski definition) is 18. The molecule has 4 saturated carbocycles. The second kappa shape index (κ2) is 28.3. The summed E-state index contributed by atoms with van der Waals surface area (Å²) in [6.45, 7) is 13.1. The Hall–Kier alpha value is -1.95. The highest BCUT2D eigenvalue weighted by atomic mass is 16.8. The van der Waals surface area contributed by atoms with Gasteiger partial charge in [0.05, 0.1) is 56.8 Å². The third kappa shape index (κ3) is 12.8. The summed E-state index contributed by atoms with van der Waals surface area (Å²) in [6.07, 6.45) is -40.2. The van der Waals surface area contributed by atoms with Gasteiger partial charge in [0.25, 0.3) is 0 Å². The molecule has 552 valence electrons. The minimum absolute atomic E-state index is 0.0403. The normalized spacial score (nSPS) is 55.1. The molecule has 0 aromatic carbocycles. The lowest BCUT2D eigenvalue weighted by atomic mass is 9.33. The van der Waals surface area contributed by atoms with Gasteiger partial charge in [-0.05, 0) is 117 Å². The zero-order valence-electron chi connectivity index (χ0n) is 55.6. The summed E-state index contributed by atoms with van der Waals surface area (Å²) in [5.74, 6) is -1.12. The Morgan fingerprint density at radius 2 is 1.03 bits per heavy atom. The Kier molecular flexibility index (Phi) is 22.1. The predicted octanol–water partition coefficient (Wildman–Crippen LogP) is -4.72. The fourth-order valence-corrected chi connectivity index (χ4v) is 19.0. The molecular formula is C65H106O31. The number of aliphatic hydroxyl groups excluding tert-OH is 18. The first-order valence-electron chi connectivity index (χ1n) is 34.1. The van der Waals surface area contributed by atoms with Gasteiger partial charge >= 0.3 is 5.97 Å². The summed E-state index contributed by atoms with van der Waals surface area (Å²) in [6, 6.07) is 0. The fourth-order valence-electron chi connectivity index (χ4n) is 19.0. The van der Waals surface area contributed by atoms with E-state index < -0.39 is 238 Å². The van der Waals surface area contributed by atoms with Gasteiger partial charge in [-0.25, -0.2) is 0 Å². The maximum atomic E-state index is 15.3.